The van der Waals surface area contributed by atoms with Gasteiger partial charge in [-0.1, -0.05) is 18.5 Å². The molecule has 3 N–H and O–H groups in total. The lowest BCUT2D eigenvalue weighted by atomic mass is 9.98. The molecule has 4 heterocycles. The van der Waals surface area contributed by atoms with Crippen molar-refractivity contribution in [3.05, 3.63) is 40.7 Å². The fourth-order valence-corrected chi connectivity index (χ4v) is 6.26. The van der Waals surface area contributed by atoms with E-state index in [1.807, 2.05) is 32.3 Å². The van der Waals surface area contributed by atoms with Gasteiger partial charge in [0.1, 0.15) is 5.02 Å². The summed E-state index contributed by atoms with van der Waals surface area (Å²) in [7, 11) is 5.76. The summed E-state index contributed by atoms with van der Waals surface area (Å²) in [5.74, 6) is -1.72. The summed E-state index contributed by atoms with van der Waals surface area (Å²) < 4.78 is 41.8. The molecule has 1 saturated heterocycles. The van der Waals surface area contributed by atoms with E-state index in [1.165, 1.54) is 0 Å². The molecule has 3 aliphatic heterocycles. The maximum absolute atomic E-state index is 15.0. The Labute approximate surface area is 256 Å². The molecule has 1 saturated carbocycles. The third-order valence-corrected chi connectivity index (χ3v) is 8.83. The number of piperidine rings is 1. The molecule has 0 bridgehead atoms. The number of aliphatic hydroxyl groups excluding tert-OH is 1. The van der Waals surface area contributed by atoms with Gasteiger partial charge in [-0.2, -0.15) is 4.98 Å². The van der Waals surface area contributed by atoms with E-state index in [0.717, 1.165) is 32.4 Å². The normalized spacial score (nSPS) is 26.8. The molecule has 13 heteroatoms. The molecule has 234 valence electrons. The standard InChI is InChI=1S/C30H40ClF2N7O3/c1-17-11-20(42-10-9-38(2)3)15-40(14-17)29-34-13-22(31)27(37-29)35-19-7-8-23-21(12-19)24-25(28(41)39(23)4)43-16-30(32,33)26(36-24)18-5-6-18/h7-8,12-13,17-18,20,26,28,36,41H,5-6,9-11,14-16H2,1-4H3,(H,34,35,37)/t17-,20+,26-,28?/m0/s1. The summed E-state index contributed by atoms with van der Waals surface area (Å²) in [6.45, 7) is 4.42. The number of nitrogens with zero attached hydrogens (tertiary/aromatic N) is 5. The Morgan fingerprint density at radius 1 is 1.28 bits per heavy atom. The largest absolute Gasteiger partial charge is 0.485 e. The van der Waals surface area contributed by atoms with Gasteiger partial charge in [-0.05, 0) is 63.4 Å². The minimum absolute atomic E-state index is 0.0796. The van der Waals surface area contributed by atoms with Crippen LogP contribution in [0.15, 0.2) is 30.2 Å². The first-order chi connectivity index (χ1) is 20.5. The molecule has 1 aliphatic carbocycles. The predicted molar refractivity (Wildman–Crippen MR) is 163 cm³/mol. The van der Waals surface area contributed by atoms with Crippen LogP contribution in [-0.2, 0) is 9.47 Å². The smallest absolute Gasteiger partial charge is 0.301 e. The average molecular weight is 620 g/mol. The second-order valence-corrected chi connectivity index (χ2v) is 12.9. The van der Waals surface area contributed by atoms with E-state index in [1.54, 1.807) is 18.1 Å². The minimum atomic E-state index is -3.07. The number of aliphatic hydroxyl groups is 1. The second-order valence-electron chi connectivity index (χ2n) is 12.5. The molecule has 43 heavy (non-hydrogen) atoms. The summed E-state index contributed by atoms with van der Waals surface area (Å²) in [5, 5.41) is 17.7. The van der Waals surface area contributed by atoms with Gasteiger partial charge in [0, 0.05) is 43.6 Å². The monoisotopic (exact) mass is 619 g/mol. The van der Waals surface area contributed by atoms with Crippen molar-refractivity contribution >= 4 is 40.4 Å². The number of likely N-dealkylation sites (N-methyl/N-ethyl adjacent to an activating group) is 2. The highest BCUT2D eigenvalue weighted by Crippen LogP contribution is 2.46. The highest BCUT2D eigenvalue weighted by molar-refractivity contribution is 6.32. The number of nitrogens with one attached hydrogen (secondary N) is 2. The lowest BCUT2D eigenvalue weighted by Gasteiger charge is -2.36. The first-order valence-electron chi connectivity index (χ1n) is 14.9. The highest BCUT2D eigenvalue weighted by Gasteiger charge is 2.52. The molecule has 1 aromatic heterocycles. The Bertz CT molecular complexity index is 1380. The van der Waals surface area contributed by atoms with Crippen LogP contribution in [0, 0.1) is 11.8 Å². The third kappa shape index (κ3) is 6.33. The minimum Gasteiger partial charge on any atom is -0.485 e. The molecule has 4 atom stereocenters. The van der Waals surface area contributed by atoms with Gasteiger partial charge in [-0.15, -0.1) is 0 Å². The zero-order valence-electron chi connectivity index (χ0n) is 25.0. The van der Waals surface area contributed by atoms with Crippen LogP contribution >= 0.6 is 11.6 Å². The third-order valence-electron chi connectivity index (χ3n) is 8.55. The van der Waals surface area contributed by atoms with Crippen LogP contribution in [0.1, 0.15) is 31.7 Å². The van der Waals surface area contributed by atoms with Crippen molar-refractivity contribution < 1.29 is 23.4 Å². The van der Waals surface area contributed by atoms with Crippen molar-refractivity contribution in [2.45, 2.75) is 50.5 Å². The van der Waals surface area contributed by atoms with Crippen LogP contribution in [0.4, 0.5) is 31.9 Å². The highest BCUT2D eigenvalue weighted by atomic mass is 35.5. The number of hydrogen-bond donors (Lipinski definition) is 3. The number of fused-ring (bicyclic) bond motifs is 2. The van der Waals surface area contributed by atoms with Crippen LogP contribution in [0.3, 0.4) is 0 Å². The molecule has 2 fully saturated rings. The molecular weight excluding hydrogens is 580 g/mol. The van der Waals surface area contributed by atoms with Gasteiger partial charge in [0.05, 0.1) is 30.6 Å². The van der Waals surface area contributed by atoms with E-state index in [2.05, 4.69) is 32.3 Å². The zero-order valence-corrected chi connectivity index (χ0v) is 25.7. The van der Waals surface area contributed by atoms with Gasteiger partial charge < -0.3 is 39.9 Å². The fourth-order valence-electron chi connectivity index (χ4n) is 6.12. The molecule has 10 nitrogen and oxygen atoms in total. The topological polar surface area (TPSA) is 98.2 Å². The number of anilines is 4. The molecule has 1 aromatic carbocycles. The Kier molecular flexibility index (Phi) is 8.31. The van der Waals surface area contributed by atoms with Gasteiger partial charge in [-0.25, -0.2) is 13.8 Å². The van der Waals surface area contributed by atoms with Crippen molar-refractivity contribution in [2.75, 3.05) is 69.1 Å². The maximum atomic E-state index is 15.0. The summed E-state index contributed by atoms with van der Waals surface area (Å²) in [4.78, 5) is 15.1. The fraction of sp³-hybridized carbons (Fsp3) is 0.600. The molecule has 1 unspecified atom stereocenters. The van der Waals surface area contributed by atoms with E-state index in [9.17, 15) is 5.11 Å². The van der Waals surface area contributed by atoms with Crippen molar-refractivity contribution in [2.24, 2.45) is 11.8 Å². The lowest BCUT2D eigenvalue weighted by molar-refractivity contribution is -0.0884. The van der Waals surface area contributed by atoms with E-state index < -0.39 is 24.8 Å². The average Bonchev–Trinajstić information content (AvgIpc) is 3.80. The summed E-state index contributed by atoms with van der Waals surface area (Å²) >= 11 is 6.55. The van der Waals surface area contributed by atoms with Crippen molar-refractivity contribution in [3.8, 4) is 0 Å². The van der Waals surface area contributed by atoms with Crippen LogP contribution in [0.2, 0.25) is 5.02 Å². The van der Waals surface area contributed by atoms with Crippen LogP contribution in [0.25, 0.3) is 5.70 Å². The van der Waals surface area contributed by atoms with Gasteiger partial charge in [0.25, 0.3) is 0 Å². The first-order valence-corrected chi connectivity index (χ1v) is 15.3. The van der Waals surface area contributed by atoms with Gasteiger partial charge in [-0.3, -0.25) is 0 Å². The maximum Gasteiger partial charge on any atom is 0.301 e. The van der Waals surface area contributed by atoms with Crippen LogP contribution in [-0.4, -0.2) is 98.3 Å². The predicted octanol–water partition coefficient (Wildman–Crippen LogP) is 4.14. The van der Waals surface area contributed by atoms with E-state index in [4.69, 9.17) is 26.1 Å². The molecular formula is C30H40ClF2N7O3. The van der Waals surface area contributed by atoms with Gasteiger partial charge in [0.2, 0.25) is 5.95 Å². The number of halogens is 3. The Morgan fingerprint density at radius 2 is 2.07 bits per heavy atom. The second kappa shape index (κ2) is 11.9. The number of aromatic nitrogens is 2. The van der Waals surface area contributed by atoms with Crippen molar-refractivity contribution in [3.63, 3.8) is 0 Å². The van der Waals surface area contributed by atoms with E-state index in [0.29, 0.717) is 58.5 Å². The molecule has 6 rings (SSSR count). The van der Waals surface area contributed by atoms with Crippen LogP contribution in [0.5, 0.6) is 0 Å². The van der Waals surface area contributed by atoms with Gasteiger partial charge >= 0.3 is 5.92 Å². The number of ether oxygens (including phenoxy) is 2. The summed E-state index contributed by atoms with van der Waals surface area (Å²) in [6, 6.07) is 4.45. The van der Waals surface area contributed by atoms with E-state index in [-0.39, 0.29) is 17.8 Å². The van der Waals surface area contributed by atoms with Crippen molar-refractivity contribution in [1.29, 1.82) is 0 Å². The summed E-state index contributed by atoms with van der Waals surface area (Å²) in [5.41, 5.74) is 2.36. The Hall–Kier alpha value is -2.93. The number of rotatable bonds is 8. The first kappa shape index (κ1) is 30.1. The molecule has 0 amide bonds. The number of alkyl halides is 2. The summed E-state index contributed by atoms with van der Waals surface area (Å²) in [6.07, 6.45) is 2.92. The Morgan fingerprint density at radius 3 is 2.81 bits per heavy atom. The molecule has 0 spiro atoms. The zero-order chi connectivity index (χ0) is 30.5. The SMILES string of the molecule is C[C@H]1C[C@@H](OCCN(C)C)CN(c2ncc(Cl)c(Nc3ccc4c(c3)C3=C(OCC(F)(F)[C@H](C5CC5)N3)C(O)N4C)n2)C1. The Balaban J connectivity index is 1.25. The van der Waals surface area contributed by atoms with E-state index >= 15 is 8.78 Å². The molecule has 4 aliphatic rings. The van der Waals surface area contributed by atoms with Crippen LogP contribution < -0.4 is 20.4 Å². The number of benzene rings is 1. The lowest BCUT2D eigenvalue weighted by Crippen LogP contribution is -2.47. The van der Waals surface area contributed by atoms with Gasteiger partial charge in [0.15, 0.2) is 24.4 Å². The van der Waals surface area contributed by atoms with Crippen molar-refractivity contribution in [1.82, 2.24) is 20.2 Å². The molecule has 2 aromatic rings. The molecule has 0 radical (unpaired) electrons. The quantitative estimate of drug-likeness (QED) is 0.400. The number of hydrogen-bond acceptors (Lipinski definition) is 10.